The first-order chi connectivity index (χ1) is 15.1. The number of rotatable bonds is 6. The lowest BCUT2D eigenvalue weighted by Crippen LogP contribution is -2.35. The molecule has 0 unspecified atom stereocenters. The highest BCUT2D eigenvalue weighted by Crippen LogP contribution is 2.35. The summed E-state index contributed by atoms with van der Waals surface area (Å²) in [7, 11) is 1.66. The molecule has 3 aromatic rings. The first-order valence-electron chi connectivity index (χ1n) is 10.7. The summed E-state index contributed by atoms with van der Waals surface area (Å²) in [6.45, 7) is 0.761. The molecular weight excluding hydrogens is 430 g/mol. The van der Waals surface area contributed by atoms with Gasteiger partial charge in [0, 0.05) is 29.3 Å². The number of nitrogens with zero attached hydrogens (tertiary/aromatic N) is 2. The van der Waals surface area contributed by atoms with Crippen molar-refractivity contribution in [1.82, 2.24) is 9.97 Å². The number of carbonyl (C=O) groups excluding carboxylic acids is 1. The van der Waals surface area contributed by atoms with E-state index in [9.17, 15) is 9.59 Å². The van der Waals surface area contributed by atoms with Crippen molar-refractivity contribution in [2.45, 2.75) is 44.3 Å². The van der Waals surface area contributed by atoms with Gasteiger partial charge in [-0.05, 0) is 61.4 Å². The number of thiophene rings is 1. The summed E-state index contributed by atoms with van der Waals surface area (Å²) >= 11 is 3.30. The summed E-state index contributed by atoms with van der Waals surface area (Å²) in [5.41, 5.74) is 3.36. The summed E-state index contributed by atoms with van der Waals surface area (Å²) < 4.78 is 5.31. The number of aryl methyl sites for hydroxylation is 3. The first-order valence-corrected chi connectivity index (χ1v) is 12.7. The maximum absolute atomic E-state index is 12.8. The number of nitrogens with one attached hydrogen (secondary N) is 1. The fraction of sp³-hybridized carbons (Fsp3) is 0.435. The molecule has 0 saturated heterocycles. The molecule has 162 valence electrons. The predicted octanol–water partition coefficient (Wildman–Crippen LogP) is 4.08. The van der Waals surface area contributed by atoms with Crippen molar-refractivity contribution in [1.29, 1.82) is 0 Å². The van der Waals surface area contributed by atoms with Crippen molar-refractivity contribution >= 4 is 44.9 Å². The van der Waals surface area contributed by atoms with E-state index in [-0.39, 0.29) is 11.5 Å². The fourth-order valence-electron chi connectivity index (χ4n) is 4.54. The maximum atomic E-state index is 12.8. The van der Waals surface area contributed by atoms with Crippen LogP contribution in [-0.4, -0.2) is 35.3 Å². The number of hydrogen-bond donors (Lipinski definition) is 1. The van der Waals surface area contributed by atoms with E-state index in [1.54, 1.807) is 30.2 Å². The number of benzene rings is 1. The van der Waals surface area contributed by atoms with Crippen LogP contribution >= 0.6 is 23.1 Å². The molecule has 8 heteroatoms. The molecule has 1 N–H and O–H groups in total. The molecule has 0 radical (unpaired) electrons. The third-order valence-electron chi connectivity index (χ3n) is 6.03. The van der Waals surface area contributed by atoms with Gasteiger partial charge in [0.05, 0.1) is 18.2 Å². The number of methoxy groups -OCH3 is 1. The molecule has 3 heterocycles. The van der Waals surface area contributed by atoms with E-state index >= 15 is 0 Å². The molecule has 0 atom stereocenters. The summed E-state index contributed by atoms with van der Waals surface area (Å²) in [5.74, 6) is 2.98. The van der Waals surface area contributed by atoms with E-state index in [0.29, 0.717) is 23.8 Å². The molecule has 5 rings (SSSR count). The van der Waals surface area contributed by atoms with E-state index in [1.807, 2.05) is 23.1 Å². The van der Waals surface area contributed by atoms with Crippen LogP contribution in [0.25, 0.3) is 10.2 Å². The van der Waals surface area contributed by atoms with Gasteiger partial charge in [0.25, 0.3) is 5.56 Å². The van der Waals surface area contributed by atoms with Crippen LogP contribution in [0.5, 0.6) is 5.75 Å². The van der Waals surface area contributed by atoms with E-state index in [1.165, 1.54) is 16.0 Å². The zero-order chi connectivity index (χ0) is 21.4. The highest BCUT2D eigenvalue weighted by atomic mass is 32.2. The third kappa shape index (κ3) is 3.99. The van der Waals surface area contributed by atoms with Crippen molar-refractivity contribution in [3.05, 3.63) is 50.4 Å². The average Bonchev–Trinajstić information content (AvgIpc) is 3.36. The van der Waals surface area contributed by atoms with Crippen molar-refractivity contribution in [2.75, 3.05) is 24.3 Å². The molecule has 0 saturated carbocycles. The smallest absolute Gasteiger partial charge is 0.259 e. The Morgan fingerprint density at radius 1 is 1.29 bits per heavy atom. The van der Waals surface area contributed by atoms with Gasteiger partial charge in [-0.1, -0.05) is 0 Å². The second-order valence-corrected chi connectivity index (χ2v) is 10.2. The normalized spacial score (nSPS) is 15.2. The molecule has 0 spiro atoms. The number of H-pyrrole nitrogens is 1. The lowest BCUT2D eigenvalue weighted by Gasteiger charge is -2.29. The van der Waals surface area contributed by atoms with Gasteiger partial charge in [-0.2, -0.15) is 11.8 Å². The second kappa shape index (κ2) is 8.67. The lowest BCUT2D eigenvalue weighted by molar-refractivity contribution is -0.118. The molecule has 1 aromatic carbocycles. The molecule has 1 amide bonds. The molecule has 0 bridgehead atoms. The topological polar surface area (TPSA) is 75.3 Å². The zero-order valence-corrected chi connectivity index (χ0v) is 19.2. The van der Waals surface area contributed by atoms with Crippen LogP contribution in [0.3, 0.4) is 0 Å². The van der Waals surface area contributed by atoms with Crippen LogP contribution in [0.1, 0.15) is 41.1 Å². The van der Waals surface area contributed by atoms with Gasteiger partial charge < -0.3 is 14.6 Å². The maximum Gasteiger partial charge on any atom is 0.259 e. The van der Waals surface area contributed by atoms with Crippen LogP contribution in [-0.2, 0) is 29.8 Å². The molecule has 2 aromatic heterocycles. The summed E-state index contributed by atoms with van der Waals surface area (Å²) in [6.07, 6.45) is 5.60. The molecular formula is C23H25N3O3S2. The Balaban J connectivity index is 1.20. The van der Waals surface area contributed by atoms with Gasteiger partial charge in [0.15, 0.2) is 0 Å². The average molecular weight is 456 g/mol. The van der Waals surface area contributed by atoms with Gasteiger partial charge in [-0.3, -0.25) is 9.59 Å². The number of ether oxygens (including phenoxy) is 1. The van der Waals surface area contributed by atoms with Gasteiger partial charge in [-0.25, -0.2) is 4.98 Å². The number of thioether (sulfide) groups is 1. The predicted molar refractivity (Wildman–Crippen MR) is 127 cm³/mol. The van der Waals surface area contributed by atoms with Gasteiger partial charge in [0.2, 0.25) is 5.91 Å². The van der Waals surface area contributed by atoms with Crippen LogP contribution in [0, 0.1) is 0 Å². The quantitative estimate of drug-likeness (QED) is 0.567. The molecule has 1 aliphatic carbocycles. The Kier molecular flexibility index (Phi) is 5.75. The van der Waals surface area contributed by atoms with Gasteiger partial charge >= 0.3 is 0 Å². The Labute approximate surface area is 189 Å². The number of hydrogen-bond acceptors (Lipinski definition) is 6. The summed E-state index contributed by atoms with van der Waals surface area (Å²) in [4.78, 5) is 37.1. The molecule has 31 heavy (non-hydrogen) atoms. The number of fused-ring (bicyclic) bond motifs is 4. The first kappa shape index (κ1) is 20.6. The summed E-state index contributed by atoms with van der Waals surface area (Å²) in [6, 6.07) is 5.93. The van der Waals surface area contributed by atoms with Gasteiger partial charge in [0.1, 0.15) is 16.4 Å². The van der Waals surface area contributed by atoms with E-state index in [0.717, 1.165) is 60.3 Å². The monoisotopic (exact) mass is 455 g/mol. The Morgan fingerprint density at radius 3 is 3.06 bits per heavy atom. The number of aromatic amines is 1. The van der Waals surface area contributed by atoms with Crippen LogP contribution in [0.4, 0.5) is 5.69 Å². The van der Waals surface area contributed by atoms with Gasteiger partial charge in [-0.15, -0.1) is 11.3 Å². The van der Waals surface area contributed by atoms with Crippen molar-refractivity contribution < 1.29 is 9.53 Å². The Hall–Kier alpha value is -2.32. The number of anilines is 1. The zero-order valence-electron chi connectivity index (χ0n) is 17.5. The van der Waals surface area contributed by atoms with Crippen LogP contribution < -0.4 is 15.2 Å². The van der Waals surface area contributed by atoms with Crippen LogP contribution in [0.15, 0.2) is 23.0 Å². The van der Waals surface area contributed by atoms with Crippen molar-refractivity contribution in [2.24, 2.45) is 0 Å². The highest BCUT2D eigenvalue weighted by Gasteiger charge is 2.23. The Bertz CT molecular complexity index is 1200. The number of carbonyl (C=O) groups is 1. The minimum absolute atomic E-state index is 0.0172. The standard InChI is InChI=1S/C23H25N3O3S2/c1-29-15-7-8-17-14(12-15)4-3-10-26(17)20(27)9-11-30-13-19-24-22(28)21-16-5-2-6-18(16)31-23(21)25-19/h7-8,12H,2-6,9-11,13H2,1H3,(H,24,25,28). The third-order valence-corrected chi connectivity index (χ3v) is 8.19. The molecule has 0 fully saturated rings. The van der Waals surface area contributed by atoms with Crippen LogP contribution in [0.2, 0.25) is 0 Å². The van der Waals surface area contributed by atoms with E-state index < -0.39 is 0 Å². The minimum Gasteiger partial charge on any atom is -0.497 e. The molecule has 6 nitrogen and oxygen atoms in total. The lowest BCUT2D eigenvalue weighted by atomic mass is 10.0. The largest absolute Gasteiger partial charge is 0.497 e. The summed E-state index contributed by atoms with van der Waals surface area (Å²) in [5, 5.41) is 0.793. The highest BCUT2D eigenvalue weighted by molar-refractivity contribution is 7.98. The van der Waals surface area contributed by atoms with E-state index in [4.69, 9.17) is 4.74 Å². The fourth-order valence-corrected chi connectivity index (χ4v) is 6.61. The minimum atomic E-state index is -0.0172. The van der Waals surface area contributed by atoms with Crippen molar-refractivity contribution in [3.8, 4) is 5.75 Å². The number of amides is 1. The second-order valence-electron chi connectivity index (χ2n) is 8.00. The number of aromatic nitrogens is 2. The molecule has 1 aliphatic heterocycles. The van der Waals surface area contributed by atoms with E-state index in [2.05, 4.69) is 9.97 Å². The Morgan fingerprint density at radius 2 is 2.19 bits per heavy atom. The molecule has 2 aliphatic rings. The SMILES string of the molecule is COc1ccc2c(c1)CCCN2C(=O)CCSCc1nc2sc3c(c2c(=O)[nH]1)CCC3. The van der Waals surface area contributed by atoms with Crippen molar-refractivity contribution in [3.63, 3.8) is 0 Å².